The lowest BCUT2D eigenvalue weighted by Crippen LogP contribution is -2.47. The highest BCUT2D eigenvalue weighted by molar-refractivity contribution is 6.17. The zero-order valence-corrected chi connectivity index (χ0v) is 10.5. The molecular weight excluding hydrogens is 255 g/mol. The average Bonchev–Trinajstić information content (AvgIpc) is 2.43. The summed E-state index contributed by atoms with van der Waals surface area (Å²) in [6.45, 7) is 0. The van der Waals surface area contributed by atoms with Crippen LogP contribution in [0.3, 0.4) is 0 Å². The first-order chi connectivity index (χ1) is 8.33. The molecule has 0 aromatic heterocycles. The molecule has 0 aliphatic carbocycles. The molecule has 0 aliphatic rings. The molecule has 0 atom stereocenters. The fraction of sp³-hybridized carbons (Fsp3) is 0.0769. The Hall–Kier alpha value is -1.06. The molecule has 17 heavy (non-hydrogen) atoms. The van der Waals surface area contributed by atoms with E-state index in [0.717, 1.165) is 11.1 Å². The van der Waals surface area contributed by atoms with Crippen molar-refractivity contribution in [2.24, 2.45) is 0 Å². The lowest BCUT2D eigenvalue weighted by Gasteiger charge is -2.31. The van der Waals surface area contributed by atoms with Gasteiger partial charge < -0.3 is 0 Å². The van der Waals surface area contributed by atoms with Crippen LogP contribution in [0.4, 0.5) is 0 Å². The summed E-state index contributed by atoms with van der Waals surface area (Å²) in [4.78, 5) is 5.45. The minimum absolute atomic E-state index is 0.800. The second kappa shape index (κ2) is 5.52. The Kier molecular flexibility index (Phi) is 4.02. The van der Waals surface area contributed by atoms with Crippen molar-refractivity contribution in [3.63, 3.8) is 0 Å². The van der Waals surface area contributed by atoms with Crippen LogP contribution in [0.15, 0.2) is 60.7 Å². The van der Waals surface area contributed by atoms with E-state index >= 15 is 0 Å². The van der Waals surface area contributed by atoms with Crippen LogP contribution in [0.5, 0.6) is 0 Å². The van der Waals surface area contributed by atoms with E-state index in [9.17, 15) is 0 Å². The number of rotatable bonds is 4. The second-order valence-corrected chi connectivity index (χ2v) is 4.05. The van der Waals surface area contributed by atoms with Gasteiger partial charge in [-0.15, -0.1) is 0 Å². The lowest BCUT2D eigenvalue weighted by atomic mass is 9.93. The second-order valence-electron chi connectivity index (χ2n) is 3.67. The summed E-state index contributed by atoms with van der Waals surface area (Å²) >= 11 is 11.8. The first-order valence-electron chi connectivity index (χ1n) is 5.20. The van der Waals surface area contributed by atoms with E-state index in [-0.39, 0.29) is 0 Å². The van der Waals surface area contributed by atoms with Gasteiger partial charge in [0.05, 0.1) is 0 Å². The molecule has 0 aliphatic heterocycles. The van der Waals surface area contributed by atoms with Gasteiger partial charge in [-0.2, -0.15) is 0 Å². The van der Waals surface area contributed by atoms with Gasteiger partial charge >= 0.3 is 0 Å². The molecular formula is C13H12Cl2N2. The van der Waals surface area contributed by atoms with E-state index < -0.39 is 5.66 Å². The SMILES string of the molecule is ClNC(NCl)(c1ccccc1)c1ccccc1. The molecule has 0 saturated heterocycles. The van der Waals surface area contributed by atoms with Crippen molar-refractivity contribution in [2.45, 2.75) is 5.66 Å². The highest BCUT2D eigenvalue weighted by Crippen LogP contribution is 2.28. The van der Waals surface area contributed by atoms with Crippen molar-refractivity contribution in [3.05, 3.63) is 71.8 Å². The summed E-state index contributed by atoms with van der Waals surface area (Å²) in [7, 11) is 0. The fourth-order valence-corrected chi connectivity index (χ4v) is 2.36. The van der Waals surface area contributed by atoms with Crippen LogP contribution in [0.25, 0.3) is 0 Å². The van der Waals surface area contributed by atoms with Gasteiger partial charge in [-0.05, 0) is 34.7 Å². The van der Waals surface area contributed by atoms with Gasteiger partial charge in [-0.25, -0.2) is 9.67 Å². The summed E-state index contributed by atoms with van der Waals surface area (Å²) in [5.41, 5.74) is 1.08. The topological polar surface area (TPSA) is 24.1 Å². The maximum atomic E-state index is 5.90. The molecule has 0 unspecified atom stereocenters. The quantitative estimate of drug-likeness (QED) is 0.655. The molecule has 2 aromatic rings. The van der Waals surface area contributed by atoms with Crippen molar-refractivity contribution in [1.82, 2.24) is 9.67 Å². The molecule has 2 N–H and O–H groups in total. The van der Waals surface area contributed by atoms with Gasteiger partial charge in [-0.1, -0.05) is 60.7 Å². The van der Waals surface area contributed by atoms with Gasteiger partial charge in [0.15, 0.2) is 0 Å². The first kappa shape index (κ1) is 12.4. The van der Waals surface area contributed by atoms with Gasteiger partial charge in [0.1, 0.15) is 5.66 Å². The summed E-state index contributed by atoms with van der Waals surface area (Å²) in [5, 5.41) is 0. The highest BCUT2D eigenvalue weighted by atomic mass is 35.5. The van der Waals surface area contributed by atoms with E-state index in [2.05, 4.69) is 9.67 Å². The standard InChI is InChI=1S/C13H12Cl2N2/c14-16-13(17-15,11-7-3-1-4-8-11)12-9-5-2-6-10-12/h1-10,16-17H. The van der Waals surface area contributed by atoms with Crippen molar-refractivity contribution < 1.29 is 0 Å². The van der Waals surface area contributed by atoms with Crippen molar-refractivity contribution in [3.8, 4) is 0 Å². The van der Waals surface area contributed by atoms with Crippen molar-refractivity contribution >= 4 is 23.6 Å². The number of benzene rings is 2. The predicted octanol–water partition coefficient (Wildman–Crippen LogP) is 3.37. The van der Waals surface area contributed by atoms with Gasteiger partial charge in [-0.3, -0.25) is 0 Å². The molecule has 0 heterocycles. The van der Waals surface area contributed by atoms with Gasteiger partial charge in [0.25, 0.3) is 0 Å². The molecule has 88 valence electrons. The third kappa shape index (κ3) is 2.31. The zero-order valence-electron chi connectivity index (χ0n) is 9.03. The molecule has 0 spiro atoms. The largest absolute Gasteiger partial charge is 0.204 e. The summed E-state index contributed by atoms with van der Waals surface area (Å²) < 4.78 is 0. The third-order valence-corrected chi connectivity index (χ3v) is 3.26. The Morgan fingerprint density at radius 3 is 1.29 bits per heavy atom. The van der Waals surface area contributed by atoms with E-state index in [1.807, 2.05) is 60.7 Å². The smallest absolute Gasteiger partial charge is 0.147 e. The predicted molar refractivity (Wildman–Crippen MR) is 71.6 cm³/mol. The Morgan fingerprint density at radius 1 is 0.647 bits per heavy atom. The summed E-state index contributed by atoms with van der Waals surface area (Å²) in [6, 6.07) is 19.5. The van der Waals surface area contributed by atoms with E-state index in [4.69, 9.17) is 23.6 Å². The van der Waals surface area contributed by atoms with Crippen LogP contribution < -0.4 is 9.67 Å². The van der Waals surface area contributed by atoms with Crippen LogP contribution in [-0.4, -0.2) is 0 Å². The van der Waals surface area contributed by atoms with Crippen LogP contribution in [-0.2, 0) is 5.66 Å². The molecule has 0 saturated carbocycles. The molecule has 0 bridgehead atoms. The van der Waals surface area contributed by atoms with Crippen LogP contribution >= 0.6 is 23.6 Å². The zero-order chi connectivity index (χ0) is 12.1. The monoisotopic (exact) mass is 266 g/mol. The fourth-order valence-electron chi connectivity index (χ4n) is 1.78. The number of nitrogens with one attached hydrogen (secondary N) is 2. The Bertz CT molecular complexity index is 414. The number of hydrogen-bond acceptors (Lipinski definition) is 2. The van der Waals surface area contributed by atoms with Crippen LogP contribution in [0.1, 0.15) is 11.1 Å². The van der Waals surface area contributed by atoms with Crippen LogP contribution in [0.2, 0.25) is 0 Å². The number of halogens is 2. The summed E-state index contributed by atoms with van der Waals surface area (Å²) in [5.74, 6) is 0. The van der Waals surface area contributed by atoms with Gasteiger partial charge in [0.2, 0.25) is 0 Å². The first-order valence-corrected chi connectivity index (χ1v) is 5.96. The van der Waals surface area contributed by atoms with E-state index in [1.165, 1.54) is 0 Å². The normalized spacial score (nSPS) is 11.4. The maximum absolute atomic E-state index is 5.90. The molecule has 2 rings (SSSR count). The minimum atomic E-state index is -0.800. The highest BCUT2D eigenvalue weighted by Gasteiger charge is 2.32. The van der Waals surface area contributed by atoms with Crippen LogP contribution in [0, 0.1) is 0 Å². The van der Waals surface area contributed by atoms with Crippen molar-refractivity contribution in [2.75, 3.05) is 0 Å². The average molecular weight is 267 g/mol. The summed E-state index contributed by atoms with van der Waals surface area (Å²) in [6.07, 6.45) is 0. The molecule has 4 heteroatoms. The maximum Gasteiger partial charge on any atom is 0.147 e. The Labute approximate surface area is 111 Å². The van der Waals surface area contributed by atoms with Crippen molar-refractivity contribution in [1.29, 1.82) is 0 Å². The minimum Gasteiger partial charge on any atom is -0.204 e. The Morgan fingerprint density at radius 2 is 1.00 bits per heavy atom. The molecule has 0 amide bonds. The third-order valence-electron chi connectivity index (χ3n) is 2.70. The molecule has 2 nitrogen and oxygen atoms in total. The van der Waals surface area contributed by atoms with E-state index in [1.54, 1.807) is 0 Å². The lowest BCUT2D eigenvalue weighted by molar-refractivity contribution is 0.470. The number of hydrogen-bond donors (Lipinski definition) is 2. The van der Waals surface area contributed by atoms with E-state index in [0.29, 0.717) is 0 Å². The van der Waals surface area contributed by atoms with Gasteiger partial charge in [0, 0.05) is 0 Å². The Balaban J connectivity index is 2.54. The molecule has 0 fully saturated rings. The molecule has 2 aromatic carbocycles. The molecule has 0 radical (unpaired) electrons.